The van der Waals surface area contributed by atoms with E-state index in [1.807, 2.05) is 19.1 Å². The summed E-state index contributed by atoms with van der Waals surface area (Å²) in [4.78, 5) is 2.28. The summed E-state index contributed by atoms with van der Waals surface area (Å²) < 4.78 is 18.6. The van der Waals surface area contributed by atoms with E-state index >= 15 is 0 Å². The Morgan fingerprint density at radius 1 is 1.40 bits per heavy atom. The average Bonchev–Trinajstić information content (AvgIpc) is 2.42. The number of hydrogen-bond acceptors (Lipinski definition) is 3. The molecular weight excluding hydrogens is 255 g/mol. The number of likely N-dealkylation sites (N-methyl/N-ethyl adjacent to an activating group) is 1. The largest absolute Gasteiger partial charge is 0.381 e. The zero-order chi connectivity index (χ0) is 14.5. The van der Waals surface area contributed by atoms with Gasteiger partial charge in [0.1, 0.15) is 5.82 Å². The maximum atomic E-state index is 13.1. The van der Waals surface area contributed by atoms with Gasteiger partial charge in [0.05, 0.1) is 6.61 Å². The number of nitrogens with two attached hydrogens (primary N) is 1. The molecule has 1 fully saturated rings. The number of ether oxygens (including phenoxy) is 1. The molecule has 1 aromatic rings. The lowest BCUT2D eigenvalue weighted by molar-refractivity contribution is 0.0344. The normalized spacial score (nSPS) is 22.8. The number of nitrogens with zero attached hydrogens (tertiary/aromatic N) is 1. The van der Waals surface area contributed by atoms with Gasteiger partial charge in [-0.05, 0) is 50.4 Å². The maximum absolute atomic E-state index is 13.1. The van der Waals surface area contributed by atoms with E-state index in [0.29, 0.717) is 5.92 Å². The molecule has 1 aromatic carbocycles. The Morgan fingerprint density at radius 2 is 2.10 bits per heavy atom. The molecule has 0 saturated carbocycles. The molecule has 0 bridgehead atoms. The van der Waals surface area contributed by atoms with Crippen molar-refractivity contribution in [3.05, 3.63) is 35.6 Å². The van der Waals surface area contributed by atoms with Gasteiger partial charge in [-0.25, -0.2) is 4.39 Å². The number of halogens is 1. The zero-order valence-electron chi connectivity index (χ0n) is 12.4. The van der Waals surface area contributed by atoms with E-state index in [4.69, 9.17) is 10.5 Å². The molecule has 1 heterocycles. The van der Waals surface area contributed by atoms with Gasteiger partial charge in [-0.1, -0.05) is 12.1 Å². The van der Waals surface area contributed by atoms with Crippen molar-refractivity contribution in [3.8, 4) is 0 Å². The van der Waals surface area contributed by atoms with Crippen LogP contribution < -0.4 is 5.73 Å². The minimum absolute atomic E-state index is 0.00466. The van der Waals surface area contributed by atoms with E-state index < -0.39 is 0 Å². The van der Waals surface area contributed by atoms with Crippen molar-refractivity contribution in [3.63, 3.8) is 0 Å². The summed E-state index contributed by atoms with van der Waals surface area (Å²) in [5.74, 6) is 0.357. The molecule has 2 N–H and O–H groups in total. The minimum Gasteiger partial charge on any atom is -0.381 e. The van der Waals surface area contributed by atoms with Gasteiger partial charge in [0.25, 0.3) is 0 Å². The van der Waals surface area contributed by atoms with Gasteiger partial charge in [-0.15, -0.1) is 0 Å². The topological polar surface area (TPSA) is 38.5 Å². The lowest BCUT2D eigenvalue weighted by Crippen LogP contribution is -2.41. The summed E-state index contributed by atoms with van der Waals surface area (Å²) in [6, 6.07) is 6.77. The molecule has 0 spiro atoms. The van der Waals surface area contributed by atoms with Crippen molar-refractivity contribution in [2.75, 3.05) is 26.8 Å². The van der Waals surface area contributed by atoms with Crippen molar-refractivity contribution in [1.82, 2.24) is 4.90 Å². The van der Waals surface area contributed by atoms with Crippen molar-refractivity contribution < 1.29 is 9.13 Å². The fraction of sp³-hybridized carbons (Fsp3) is 0.625. The average molecular weight is 280 g/mol. The molecule has 1 saturated heterocycles. The summed E-state index contributed by atoms with van der Waals surface area (Å²) >= 11 is 0. The second-order valence-corrected chi connectivity index (χ2v) is 5.88. The first kappa shape index (κ1) is 15.4. The number of benzene rings is 1. The smallest absolute Gasteiger partial charge is 0.123 e. The van der Waals surface area contributed by atoms with Crippen molar-refractivity contribution >= 4 is 0 Å². The van der Waals surface area contributed by atoms with Crippen LogP contribution in [0.15, 0.2) is 24.3 Å². The van der Waals surface area contributed by atoms with Gasteiger partial charge >= 0.3 is 0 Å². The van der Waals surface area contributed by atoms with Crippen LogP contribution in [-0.2, 0) is 4.74 Å². The first-order chi connectivity index (χ1) is 9.58. The predicted molar refractivity (Wildman–Crippen MR) is 79.0 cm³/mol. The van der Waals surface area contributed by atoms with Gasteiger partial charge in [0.2, 0.25) is 0 Å². The lowest BCUT2D eigenvalue weighted by Gasteiger charge is -2.35. The molecule has 112 valence electrons. The van der Waals surface area contributed by atoms with Crippen molar-refractivity contribution in [1.29, 1.82) is 0 Å². The third-order valence-electron chi connectivity index (χ3n) is 3.99. The summed E-state index contributed by atoms with van der Waals surface area (Å²) in [5.41, 5.74) is 7.22. The highest BCUT2D eigenvalue weighted by molar-refractivity contribution is 5.21. The Kier molecular flexibility index (Phi) is 5.52. The lowest BCUT2D eigenvalue weighted by atomic mass is 9.96. The van der Waals surface area contributed by atoms with Crippen LogP contribution in [0.5, 0.6) is 0 Å². The van der Waals surface area contributed by atoms with Crippen LogP contribution in [0.1, 0.15) is 31.4 Å². The molecule has 1 aliphatic heterocycles. The van der Waals surface area contributed by atoms with Crippen LogP contribution in [0.3, 0.4) is 0 Å². The molecule has 0 aliphatic carbocycles. The SMILES string of the molecule is CC(N)C(c1ccc(F)cc1)N(C)CC1CCCOC1. The monoisotopic (exact) mass is 280 g/mol. The van der Waals surface area contributed by atoms with Crippen LogP contribution in [0.4, 0.5) is 4.39 Å². The molecule has 1 aliphatic rings. The fourth-order valence-electron chi connectivity index (χ4n) is 3.09. The van der Waals surface area contributed by atoms with Gasteiger partial charge in [0, 0.05) is 25.2 Å². The fourth-order valence-corrected chi connectivity index (χ4v) is 3.09. The van der Waals surface area contributed by atoms with Gasteiger partial charge in [-0.3, -0.25) is 4.90 Å². The molecule has 2 rings (SSSR count). The highest BCUT2D eigenvalue weighted by Crippen LogP contribution is 2.25. The van der Waals surface area contributed by atoms with E-state index in [1.54, 1.807) is 0 Å². The van der Waals surface area contributed by atoms with E-state index in [-0.39, 0.29) is 17.9 Å². The second kappa shape index (κ2) is 7.16. The highest BCUT2D eigenvalue weighted by atomic mass is 19.1. The Labute approximate surface area is 120 Å². The van der Waals surface area contributed by atoms with E-state index in [9.17, 15) is 4.39 Å². The van der Waals surface area contributed by atoms with E-state index in [2.05, 4.69) is 11.9 Å². The summed E-state index contributed by atoms with van der Waals surface area (Å²) in [6.45, 7) is 4.68. The zero-order valence-corrected chi connectivity index (χ0v) is 12.4. The third-order valence-corrected chi connectivity index (χ3v) is 3.99. The summed E-state index contributed by atoms with van der Waals surface area (Å²) in [5, 5.41) is 0. The molecule has 3 nitrogen and oxygen atoms in total. The Bertz CT molecular complexity index is 401. The summed E-state index contributed by atoms with van der Waals surface area (Å²) in [6.07, 6.45) is 2.34. The van der Waals surface area contributed by atoms with Crippen LogP contribution in [0, 0.1) is 11.7 Å². The van der Waals surface area contributed by atoms with Crippen LogP contribution in [0.2, 0.25) is 0 Å². The third kappa shape index (κ3) is 4.01. The first-order valence-electron chi connectivity index (χ1n) is 7.37. The van der Waals surface area contributed by atoms with Gasteiger partial charge in [0.15, 0.2) is 0 Å². The van der Waals surface area contributed by atoms with Crippen LogP contribution in [-0.4, -0.2) is 37.7 Å². The van der Waals surface area contributed by atoms with Crippen molar-refractivity contribution in [2.24, 2.45) is 11.7 Å². The van der Waals surface area contributed by atoms with Crippen LogP contribution >= 0.6 is 0 Å². The Hall–Kier alpha value is -0.970. The van der Waals surface area contributed by atoms with Crippen LogP contribution in [0.25, 0.3) is 0 Å². The Balaban J connectivity index is 2.05. The first-order valence-corrected chi connectivity index (χ1v) is 7.37. The predicted octanol–water partition coefficient (Wildman–Crippen LogP) is 2.57. The Morgan fingerprint density at radius 3 is 2.65 bits per heavy atom. The van der Waals surface area contributed by atoms with Gasteiger partial charge in [-0.2, -0.15) is 0 Å². The molecule has 0 aromatic heterocycles. The van der Waals surface area contributed by atoms with E-state index in [1.165, 1.54) is 18.6 Å². The standard InChI is InChI=1S/C16H25FN2O/c1-12(18)16(14-5-7-15(17)8-6-14)19(2)10-13-4-3-9-20-11-13/h5-8,12-13,16H,3-4,9-11,18H2,1-2H3. The second-order valence-electron chi connectivity index (χ2n) is 5.88. The van der Waals surface area contributed by atoms with Gasteiger partial charge < -0.3 is 10.5 Å². The van der Waals surface area contributed by atoms with Crippen molar-refractivity contribution in [2.45, 2.75) is 31.8 Å². The quantitative estimate of drug-likeness (QED) is 0.901. The molecule has 3 unspecified atom stereocenters. The highest BCUT2D eigenvalue weighted by Gasteiger charge is 2.24. The van der Waals surface area contributed by atoms with E-state index in [0.717, 1.165) is 31.7 Å². The molecule has 0 radical (unpaired) electrons. The molecule has 4 heteroatoms. The molecule has 20 heavy (non-hydrogen) atoms. The molecular formula is C16H25FN2O. The minimum atomic E-state index is -0.208. The summed E-state index contributed by atoms with van der Waals surface area (Å²) in [7, 11) is 2.09. The molecule has 3 atom stereocenters. The number of rotatable bonds is 5. The maximum Gasteiger partial charge on any atom is 0.123 e. The number of hydrogen-bond donors (Lipinski definition) is 1. The molecule has 0 amide bonds.